The molecule has 0 aliphatic heterocycles. The number of aryl methyl sites for hydroxylation is 3. The smallest absolute Gasteiger partial charge is 0.305 e. The van der Waals surface area contributed by atoms with Crippen molar-refractivity contribution in [2.24, 2.45) is 0 Å². The van der Waals surface area contributed by atoms with Crippen molar-refractivity contribution >= 4 is 17.6 Å². The van der Waals surface area contributed by atoms with Crippen LogP contribution in [0.15, 0.2) is 12.1 Å². The van der Waals surface area contributed by atoms with Crippen LogP contribution >= 0.6 is 0 Å². The lowest BCUT2D eigenvalue weighted by Crippen LogP contribution is -2.16. The van der Waals surface area contributed by atoms with Crippen molar-refractivity contribution in [1.82, 2.24) is 9.78 Å². The molecule has 0 radical (unpaired) electrons. The number of benzene rings is 1. The highest BCUT2D eigenvalue weighted by atomic mass is 19.1. The lowest BCUT2D eigenvalue weighted by Gasteiger charge is -2.08. The normalized spacial score (nSPS) is 10.7. The Balaban J connectivity index is 2.26. The molecule has 0 spiro atoms. The highest BCUT2D eigenvalue weighted by Gasteiger charge is 2.19. The molecule has 1 aromatic carbocycles. The first kappa shape index (κ1) is 17.6. The second-order valence-electron chi connectivity index (χ2n) is 5.45. The van der Waals surface area contributed by atoms with Gasteiger partial charge in [0, 0.05) is 0 Å². The molecular formula is C16H17F2N3O3. The predicted molar refractivity (Wildman–Crippen MR) is 83.0 cm³/mol. The first-order valence-electron chi connectivity index (χ1n) is 7.23. The molecule has 6 nitrogen and oxygen atoms in total. The maximum atomic E-state index is 13.9. The molecule has 0 atom stereocenters. The van der Waals surface area contributed by atoms with Crippen molar-refractivity contribution in [2.45, 2.75) is 33.7 Å². The van der Waals surface area contributed by atoms with Crippen molar-refractivity contribution in [1.29, 1.82) is 0 Å². The Morgan fingerprint density at radius 3 is 2.50 bits per heavy atom. The average Bonchev–Trinajstić information content (AvgIpc) is 2.76. The number of halogens is 2. The third-order valence-corrected chi connectivity index (χ3v) is 3.65. The third kappa shape index (κ3) is 3.58. The number of nitrogens with zero attached hydrogens (tertiary/aromatic N) is 2. The van der Waals surface area contributed by atoms with Gasteiger partial charge >= 0.3 is 5.97 Å². The van der Waals surface area contributed by atoms with Crippen LogP contribution in [0.4, 0.5) is 14.5 Å². The minimum absolute atomic E-state index is 0.109. The number of aromatic nitrogens is 2. The fourth-order valence-corrected chi connectivity index (χ4v) is 2.30. The lowest BCUT2D eigenvalue weighted by atomic mass is 10.1. The number of carbonyl (C=O) groups is 2. The molecule has 0 saturated heterocycles. The van der Waals surface area contributed by atoms with Crippen LogP contribution in [0.5, 0.6) is 0 Å². The molecule has 1 aromatic heterocycles. The predicted octanol–water partition coefficient (Wildman–Crippen LogP) is 2.81. The van der Waals surface area contributed by atoms with Gasteiger partial charge in [0.05, 0.1) is 35.6 Å². The largest absolute Gasteiger partial charge is 0.481 e. The number of hydrogen-bond acceptors (Lipinski definition) is 3. The summed E-state index contributed by atoms with van der Waals surface area (Å²) in [6.07, 6.45) is -0.118. The Labute approximate surface area is 137 Å². The molecule has 24 heavy (non-hydrogen) atoms. The first-order chi connectivity index (χ1) is 11.2. The second-order valence-corrected chi connectivity index (χ2v) is 5.45. The van der Waals surface area contributed by atoms with Crippen molar-refractivity contribution in [3.63, 3.8) is 0 Å². The number of carboxylic acid groups (broad SMARTS) is 1. The molecule has 0 fully saturated rings. The number of nitrogens with one attached hydrogen (secondary N) is 1. The minimum atomic E-state index is -0.967. The minimum Gasteiger partial charge on any atom is -0.481 e. The Morgan fingerprint density at radius 1 is 1.21 bits per heavy atom. The van der Waals surface area contributed by atoms with Crippen LogP contribution in [0.1, 0.15) is 33.7 Å². The molecule has 0 saturated carbocycles. The molecule has 128 valence electrons. The van der Waals surface area contributed by atoms with Crippen LogP contribution in [-0.2, 0) is 11.3 Å². The fourth-order valence-electron chi connectivity index (χ4n) is 2.30. The van der Waals surface area contributed by atoms with Gasteiger partial charge < -0.3 is 10.4 Å². The van der Waals surface area contributed by atoms with E-state index in [1.54, 1.807) is 13.8 Å². The zero-order chi connectivity index (χ0) is 18.0. The summed E-state index contributed by atoms with van der Waals surface area (Å²) in [5.74, 6) is -3.26. The van der Waals surface area contributed by atoms with E-state index in [1.165, 1.54) is 11.6 Å². The van der Waals surface area contributed by atoms with Crippen LogP contribution in [0.3, 0.4) is 0 Å². The van der Waals surface area contributed by atoms with Gasteiger partial charge in [-0.2, -0.15) is 5.10 Å². The number of aliphatic carboxylic acids is 1. The molecule has 0 aliphatic carbocycles. The molecular weight excluding hydrogens is 320 g/mol. The van der Waals surface area contributed by atoms with E-state index in [4.69, 9.17) is 5.11 Å². The van der Waals surface area contributed by atoms with Crippen LogP contribution in [-0.4, -0.2) is 26.8 Å². The summed E-state index contributed by atoms with van der Waals surface area (Å²) in [6.45, 7) is 4.84. The monoisotopic (exact) mass is 337 g/mol. The fraction of sp³-hybridized carbons (Fsp3) is 0.312. The summed E-state index contributed by atoms with van der Waals surface area (Å²) >= 11 is 0. The van der Waals surface area contributed by atoms with Gasteiger partial charge in [0.1, 0.15) is 11.6 Å². The zero-order valence-electron chi connectivity index (χ0n) is 13.5. The van der Waals surface area contributed by atoms with E-state index in [0.29, 0.717) is 17.1 Å². The molecule has 2 aromatic rings. The molecule has 2 rings (SSSR count). The summed E-state index contributed by atoms with van der Waals surface area (Å²) in [5.41, 5.74) is 1.05. The van der Waals surface area contributed by atoms with Gasteiger partial charge in [-0.25, -0.2) is 8.78 Å². The average molecular weight is 337 g/mol. The SMILES string of the molecule is Cc1cc(F)c(C(=O)Nc2c(C)nn(CCC(=O)O)c2C)cc1F. The zero-order valence-corrected chi connectivity index (χ0v) is 13.5. The van der Waals surface area contributed by atoms with Gasteiger partial charge in [-0.3, -0.25) is 14.3 Å². The summed E-state index contributed by atoms with van der Waals surface area (Å²) < 4.78 is 28.9. The van der Waals surface area contributed by atoms with E-state index in [9.17, 15) is 18.4 Å². The van der Waals surface area contributed by atoms with Gasteiger partial charge in [-0.15, -0.1) is 0 Å². The highest BCUT2D eigenvalue weighted by Crippen LogP contribution is 2.22. The Bertz CT molecular complexity index is 815. The summed E-state index contributed by atoms with van der Waals surface area (Å²) in [5, 5.41) is 15.4. The molecule has 1 heterocycles. The highest BCUT2D eigenvalue weighted by molar-refractivity contribution is 6.05. The molecule has 0 aliphatic rings. The van der Waals surface area contributed by atoms with E-state index in [-0.39, 0.29) is 18.5 Å². The van der Waals surface area contributed by atoms with Crippen LogP contribution in [0.2, 0.25) is 0 Å². The topological polar surface area (TPSA) is 84.2 Å². The number of carboxylic acids is 1. The van der Waals surface area contributed by atoms with Crippen LogP contribution < -0.4 is 5.32 Å². The van der Waals surface area contributed by atoms with E-state index in [1.807, 2.05) is 0 Å². The van der Waals surface area contributed by atoms with E-state index in [0.717, 1.165) is 12.1 Å². The van der Waals surface area contributed by atoms with Gasteiger partial charge in [0.2, 0.25) is 0 Å². The lowest BCUT2D eigenvalue weighted by molar-refractivity contribution is -0.137. The van der Waals surface area contributed by atoms with Gasteiger partial charge in [0.25, 0.3) is 5.91 Å². The maximum Gasteiger partial charge on any atom is 0.305 e. The van der Waals surface area contributed by atoms with Crippen molar-refractivity contribution < 1.29 is 23.5 Å². The summed E-state index contributed by atoms with van der Waals surface area (Å²) in [7, 11) is 0. The second kappa shape index (κ2) is 6.77. The van der Waals surface area contributed by atoms with E-state index >= 15 is 0 Å². The molecule has 0 unspecified atom stereocenters. The standard InChI is InChI=1S/C16H17F2N3O3/c1-8-6-13(18)11(7-12(8)17)16(24)19-15-9(2)20-21(10(15)3)5-4-14(22)23/h6-7H,4-5H2,1-3H3,(H,19,24)(H,22,23). The van der Waals surface area contributed by atoms with Gasteiger partial charge in [0.15, 0.2) is 0 Å². The Hall–Kier alpha value is -2.77. The maximum absolute atomic E-state index is 13.9. The van der Waals surface area contributed by atoms with Crippen molar-refractivity contribution in [3.05, 3.63) is 46.3 Å². The molecule has 8 heteroatoms. The first-order valence-corrected chi connectivity index (χ1v) is 7.23. The number of hydrogen-bond donors (Lipinski definition) is 2. The molecule has 2 N–H and O–H groups in total. The van der Waals surface area contributed by atoms with Crippen molar-refractivity contribution in [2.75, 3.05) is 5.32 Å². The number of carbonyl (C=O) groups excluding carboxylic acids is 1. The van der Waals surface area contributed by atoms with Crippen LogP contribution in [0, 0.1) is 32.4 Å². The Kier molecular flexibility index (Phi) is 4.96. The van der Waals surface area contributed by atoms with Crippen LogP contribution in [0.25, 0.3) is 0 Å². The molecule has 1 amide bonds. The Morgan fingerprint density at radius 2 is 1.88 bits per heavy atom. The number of rotatable bonds is 5. The number of anilines is 1. The van der Waals surface area contributed by atoms with Gasteiger partial charge in [-0.05, 0) is 38.5 Å². The van der Waals surface area contributed by atoms with Crippen molar-refractivity contribution in [3.8, 4) is 0 Å². The van der Waals surface area contributed by atoms with Gasteiger partial charge in [-0.1, -0.05) is 0 Å². The summed E-state index contributed by atoms with van der Waals surface area (Å²) in [4.78, 5) is 22.9. The third-order valence-electron chi connectivity index (χ3n) is 3.65. The van der Waals surface area contributed by atoms with E-state index in [2.05, 4.69) is 10.4 Å². The number of amides is 1. The molecule has 0 bridgehead atoms. The quantitative estimate of drug-likeness (QED) is 0.879. The van der Waals surface area contributed by atoms with E-state index < -0.39 is 29.1 Å². The summed E-state index contributed by atoms with van der Waals surface area (Å²) in [6, 6.07) is 1.81.